The van der Waals surface area contributed by atoms with Crippen molar-refractivity contribution in [3.8, 4) is 11.5 Å². The van der Waals surface area contributed by atoms with E-state index in [4.69, 9.17) is 16.3 Å². The zero-order valence-corrected chi connectivity index (χ0v) is 18.8. The number of nitrogens with zero attached hydrogens (tertiary/aromatic N) is 1. The molecule has 4 rings (SSSR count). The summed E-state index contributed by atoms with van der Waals surface area (Å²) in [5, 5.41) is 5.88. The number of nitrogens with one attached hydrogen (secondary N) is 2. The smallest absolute Gasteiger partial charge is 0.325 e. The van der Waals surface area contributed by atoms with E-state index in [9.17, 15) is 14.4 Å². The number of carbonyl (C=O) groups is 3. The first kappa shape index (κ1) is 22.4. The van der Waals surface area contributed by atoms with Crippen molar-refractivity contribution in [1.29, 1.82) is 0 Å². The van der Waals surface area contributed by atoms with Gasteiger partial charge in [0.25, 0.3) is 5.91 Å². The zero-order valence-electron chi connectivity index (χ0n) is 18.1. The molecular weight excluding hydrogens is 442 g/mol. The van der Waals surface area contributed by atoms with Crippen molar-refractivity contribution in [3.05, 3.63) is 88.9 Å². The van der Waals surface area contributed by atoms with Gasteiger partial charge in [-0.25, -0.2) is 4.79 Å². The van der Waals surface area contributed by atoms with Gasteiger partial charge in [0.1, 0.15) is 23.6 Å². The molecule has 1 atom stereocenters. The molecule has 1 saturated heterocycles. The third-order valence-corrected chi connectivity index (χ3v) is 5.72. The van der Waals surface area contributed by atoms with Crippen LogP contribution in [0.2, 0.25) is 5.02 Å². The Kier molecular flexibility index (Phi) is 6.07. The summed E-state index contributed by atoms with van der Waals surface area (Å²) < 4.78 is 5.73. The number of imide groups is 1. The fourth-order valence-corrected chi connectivity index (χ4v) is 3.70. The van der Waals surface area contributed by atoms with Crippen molar-refractivity contribution in [3.63, 3.8) is 0 Å². The van der Waals surface area contributed by atoms with Crippen molar-refractivity contribution in [2.75, 3.05) is 11.9 Å². The predicted molar refractivity (Wildman–Crippen MR) is 125 cm³/mol. The molecule has 0 unspecified atom stereocenters. The number of hydrogen-bond donors (Lipinski definition) is 2. The van der Waals surface area contributed by atoms with Crippen molar-refractivity contribution < 1.29 is 19.1 Å². The Morgan fingerprint density at radius 2 is 1.70 bits per heavy atom. The van der Waals surface area contributed by atoms with Gasteiger partial charge in [0.2, 0.25) is 5.91 Å². The first-order valence-electron chi connectivity index (χ1n) is 10.3. The molecule has 8 heteroatoms. The molecule has 0 spiro atoms. The molecule has 3 aromatic rings. The lowest BCUT2D eigenvalue weighted by molar-refractivity contribution is -0.133. The summed E-state index contributed by atoms with van der Waals surface area (Å²) in [6.45, 7) is 3.17. The molecule has 7 nitrogen and oxygen atoms in total. The maximum Gasteiger partial charge on any atom is 0.325 e. The molecule has 168 valence electrons. The standard InChI is InChI=1S/C25H22ClN3O4/c1-16-7-9-17(10-8-16)25(2)23(31)29(24(32)28-25)15-22(30)27-18-11-13-19(14-12-18)33-21-6-4-3-5-20(21)26/h3-14H,15H2,1-2H3,(H,27,30)(H,28,32)/t25-/m1/s1. The number of carbonyl (C=O) groups excluding carboxylic acids is 3. The average Bonchev–Trinajstić information content (AvgIpc) is 3.01. The third kappa shape index (κ3) is 4.68. The Morgan fingerprint density at radius 1 is 1.03 bits per heavy atom. The van der Waals surface area contributed by atoms with Gasteiger partial charge >= 0.3 is 6.03 Å². The fourth-order valence-electron chi connectivity index (χ4n) is 3.53. The molecule has 1 fully saturated rings. The first-order chi connectivity index (χ1) is 15.8. The van der Waals surface area contributed by atoms with Crippen LogP contribution in [0.4, 0.5) is 10.5 Å². The van der Waals surface area contributed by atoms with Crippen LogP contribution in [0, 0.1) is 6.92 Å². The highest BCUT2D eigenvalue weighted by molar-refractivity contribution is 6.32. The predicted octanol–water partition coefficient (Wildman–Crippen LogP) is 4.85. The molecule has 1 heterocycles. The van der Waals surface area contributed by atoms with E-state index in [1.165, 1.54) is 0 Å². The number of rotatable bonds is 6. The van der Waals surface area contributed by atoms with Gasteiger partial charge in [-0.1, -0.05) is 53.6 Å². The lowest BCUT2D eigenvalue weighted by atomic mass is 9.91. The molecule has 4 amide bonds. The highest BCUT2D eigenvalue weighted by Crippen LogP contribution is 2.30. The molecule has 1 aliphatic rings. The Labute approximate surface area is 196 Å². The number of ether oxygens (including phenoxy) is 1. The summed E-state index contributed by atoms with van der Waals surface area (Å²) in [5.41, 5.74) is 0.977. The monoisotopic (exact) mass is 463 g/mol. The number of halogens is 1. The second kappa shape index (κ2) is 8.96. The van der Waals surface area contributed by atoms with Crippen LogP contribution >= 0.6 is 11.6 Å². The summed E-state index contributed by atoms with van der Waals surface area (Å²) in [5.74, 6) is 0.0941. The number of para-hydroxylation sites is 1. The van der Waals surface area contributed by atoms with Crippen LogP contribution in [0.3, 0.4) is 0 Å². The van der Waals surface area contributed by atoms with Crippen molar-refractivity contribution >= 4 is 35.1 Å². The van der Waals surface area contributed by atoms with E-state index in [2.05, 4.69) is 10.6 Å². The minimum atomic E-state index is -1.22. The average molecular weight is 464 g/mol. The van der Waals surface area contributed by atoms with E-state index in [1.54, 1.807) is 55.5 Å². The lowest BCUT2D eigenvalue weighted by Crippen LogP contribution is -2.42. The van der Waals surface area contributed by atoms with Crippen LogP contribution in [-0.2, 0) is 15.1 Å². The first-order valence-corrected chi connectivity index (χ1v) is 10.7. The van der Waals surface area contributed by atoms with E-state index >= 15 is 0 Å². The molecule has 1 aliphatic heterocycles. The maximum atomic E-state index is 13.0. The second-order valence-corrected chi connectivity index (χ2v) is 8.32. The maximum absolute atomic E-state index is 13.0. The van der Waals surface area contributed by atoms with Gasteiger partial charge in [-0.15, -0.1) is 0 Å². The summed E-state index contributed by atoms with van der Waals surface area (Å²) in [6.07, 6.45) is 0. The summed E-state index contributed by atoms with van der Waals surface area (Å²) >= 11 is 6.10. The van der Waals surface area contributed by atoms with Crippen molar-refractivity contribution in [1.82, 2.24) is 10.2 Å². The topological polar surface area (TPSA) is 87.7 Å². The Balaban J connectivity index is 1.39. The van der Waals surface area contributed by atoms with Crippen LogP contribution in [0.5, 0.6) is 11.5 Å². The van der Waals surface area contributed by atoms with Gasteiger partial charge in [0.05, 0.1) is 5.02 Å². The summed E-state index contributed by atoms with van der Waals surface area (Å²) in [4.78, 5) is 38.9. The van der Waals surface area contributed by atoms with Crippen LogP contribution in [0.1, 0.15) is 18.1 Å². The molecule has 0 bridgehead atoms. The zero-order chi connectivity index (χ0) is 23.6. The molecule has 0 saturated carbocycles. The SMILES string of the molecule is Cc1ccc([C@@]2(C)NC(=O)N(CC(=O)Nc3ccc(Oc4ccccc4Cl)cc3)C2=O)cc1. The molecule has 0 aliphatic carbocycles. The van der Waals surface area contributed by atoms with E-state index < -0.39 is 29.9 Å². The number of aryl methyl sites for hydroxylation is 1. The van der Waals surface area contributed by atoms with E-state index in [1.807, 2.05) is 31.2 Å². The van der Waals surface area contributed by atoms with Crippen LogP contribution in [0.15, 0.2) is 72.8 Å². The van der Waals surface area contributed by atoms with E-state index in [0.29, 0.717) is 27.8 Å². The van der Waals surface area contributed by atoms with Crippen molar-refractivity contribution in [2.24, 2.45) is 0 Å². The summed E-state index contributed by atoms with van der Waals surface area (Å²) in [6, 6.07) is 20.5. The second-order valence-electron chi connectivity index (χ2n) is 7.92. The number of anilines is 1. The van der Waals surface area contributed by atoms with Gasteiger partial charge in [-0.3, -0.25) is 14.5 Å². The van der Waals surface area contributed by atoms with Gasteiger partial charge in [-0.05, 0) is 55.8 Å². The fraction of sp³-hybridized carbons (Fsp3) is 0.160. The number of hydrogen-bond acceptors (Lipinski definition) is 4. The molecule has 0 radical (unpaired) electrons. The van der Waals surface area contributed by atoms with Gasteiger partial charge < -0.3 is 15.4 Å². The van der Waals surface area contributed by atoms with Gasteiger partial charge in [0, 0.05) is 5.69 Å². The Morgan fingerprint density at radius 3 is 2.36 bits per heavy atom. The third-order valence-electron chi connectivity index (χ3n) is 5.41. The molecule has 2 N–H and O–H groups in total. The number of amides is 4. The largest absolute Gasteiger partial charge is 0.456 e. The summed E-state index contributed by atoms with van der Waals surface area (Å²) in [7, 11) is 0. The Hall–Kier alpha value is -3.84. The minimum absolute atomic E-state index is 0.399. The quantitative estimate of drug-likeness (QED) is 0.512. The highest BCUT2D eigenvalue weighted by Gasteiger charge is 2.49. The molecule has 3 aromatic carbocycles. The van der Waals surface area contributed by atoms with Gasteiger partial charge in [-0.2, -0.15) is 0 Å². The van der Waals surface area contributed by atoms with E-state index in [0.717, 1.165) is 10.5 Å². The van der Waals surface area contributed by atoms with Crippen LogP contribution in [0.25, 0.3) is 0 Å². The number of urea groups is 1. The minimum Gasteiger partial charge on any atom is -0.456 e. The number of benzene rings is 3. The van der Waals surface area contributed by atoms with Crippen LogP contribution < -0.4 is 15.4 Å². The normalized spacial score (nSPS) is 17.6. The van der Waals surface area contributed by atoms with Crippen LogP contribution in [-0.4, -0.2) is 29.3 Å². The van der Waals surface area contributed by atoms with Gasteiger partial charge in [0.15, 0.2) is 0 Å². The van der Waals surface area contributed by atoms with Crippen molar-refractivity contribution in [2.45, 2.75) is 19.4 Å². The highest BCUT2D eigenvalue weighted by atomic mass is 35.5. The van der Waals surface area contributed by atoms with E-state index in [-0.39, 0.29) is 0 Å². The lowest BCUT2D eigenvalue weighted by Gasteiger charge is -2.22. The molecule has 33 heavy (non-hydrogen) atoms. The Bertz CT molecular complexity index is 1210. The molecular formula is C25H22ClN3O4. The molecule has 0 aromatic heterocycles.